The first-order valence-corrected chi connectivity index (χ1v) is 21.4. The standard InChI is InChI=1S/C60H39N/c1-2-15-41-37-45(34-28-39(41)14-1)61(46-35-31-43-36-42-16-3-4-18-48(42)54(43)38-46)44-32-29-40(30-33-44)47-17-5-6-19-49(47)52-23-13-27-58-59(52)53-22-9-12-26-57(53)60(58)55-24-10-7-20-50(55)51-21-8-11-25-56(51)60/h1-35,37-38H,36H2. The molecular formula is C60H39N. The summed E-state index contributed by atoms with van der Waals surface area (Å²) in [7, 11) is 0. The Morgan fingerprint density at radius 1 is 0.295 bits per heavy atom. The number of hydrogen-bond donors (Lipinski definition) is 0. The van der Waals surface area contributed by atoms with E-state index in [2.05, 4.69) is 229 Å². The Balaban J connectivity index is 0.957. The summed E-state index contributed by atoms with van der Waals surface area (Å²) in [6.07, 6.45) is 0.980. The lowest BCUT2D eigenvalue weighted by atomic mass is 9.70. The zero-order chi connectivity index (χ0) is 40.1. The van der Waals surface area contributed by atoms with Crippen molar-refractivity contribution in [3.8, 4) is 55.6 Å². The third kappa shape index (κ3) is 4.89. The van der Waals surface area contributed by atoms with E-state index in [1.807, 2.05) is 0 Å². The third-order valence-corrected chi connectivity index (χ3v) is 13.7. The average Bonchev–Trinajstić information content (AvgIpc) is 3.96. The molecular weight excluding hydrogens is 735 g/mol. The van der Waals surface area contributed by atoms with Gasteiger partial charge in [-0.2, -0.15) is 0 Å². The number of anilines is 3. The average molecular weight is 774 g/mol. The predicted molar refractivity (Wildman–Crippen MR) is 254 cm³/mol. The summed E-state index contributed by atoms with van der Waals surface area (Å²) >= 11 is 0. The quantitative estimate of drug-likeness (QED) is 0.168. The molecule has 0 fully saturated rings. The summed E-state index contributed by atoms with van der Waals surface area (Å²) in [6, 6.07) is 83.7. The molecule has 3 aliphatic rings. The maximum atomic E-state index is 2.42. The summed E-state index contributed by atoms with van der Waals surface area (Å²) in [5, 5.41) is 2.47. The molecule has 1 heteroatoms. The van der Waals surface area contributed by atoms with Crippen molar-refractivity contribution in [3.63, 3.8) is 0 Å². The molecule has 0 amide bonds. The molecule has 0 heterocycles. The SMILES string of the molecule is c1ccc2c(c1)Cc1ccc(N(c3ccc(-c4ccccc4-c4cccc5c4-c4ccccc4C54c5ccccc5-c5ccccc54)cc3)c3ccc4ccccc4c3)cc1-2. The smallest absolute Gasteiger partial charge is 0.0725 e. The van der Waals surface area contributed by atoms with Crippen molar-refractivity contribution in [2.75, 3.05) is 4.90 Å². The maximum absolute atomic E-state index is 2.42. The van der Waals surface area contributed by atoms with Gasteiger partial charge >= 0.3 is 0 Å². The van der Waals surface area contributed by atoms with E-state index in [0.29, 0.717) is 0 Å². The Morgan fingerprint density at radius 2 is 0.803 bits per heavy atom. The highest BCUT2D eigenvalue weighted by atomic mass is 15.1. The predicted octanol–water partition coefficient (Wildman–Crippen LogP) is 15.6. The van der Waals surface area contributed by atoms with Gasteiger partial charge in [-0.1, -0.05) is 188 Å². The van der Waals surface area contributed by atoms with Crippen molar-refractivity contribution in [1.29, 1.82) is 0 Å². The van der Waals surface area contributed by atoms with Gasteiger partial charge in [0, 0.05) is 17.1 Å². The van der Waals surface area contributed by atoms with Gasteiger partial charge in [0.15, 0.2) is 0 Å². The molecule has 0 bridgehead atoms. The van der Waals surface area contributed by atoms with Crippen molar-refractivity contribution in [3.05, 3.63) is 258 Å². The molecule has 10 aromatic carbocycles. The van der Waals surface area contributed by atoms with E-state index in [0.717, 1.165) is 23.5 Å². The fourth-order valence-electron chi connectivity index (χ4n) is 11.1. The maximum Gasteiger partial charge on any atom is 0.0725 e. The van der Waals surface area contributed by atoms with Gasteiger partial charge in [0.25, 0.3) is 0 Å². The molecule has 0 N–H and O–H groups in total. The van der Waals surface area contributed by atoms with Gasteiger partial charge < -0.3 is 4.90 Å². The van der Waals surface area contributed by atoms with Crippen molar-refractivity contribution in [1.82, 2.24) is 0 Å². The minimum Gasteiger partial charge on any atom is -0.310 e. The van der Waals surface area contributed by atoms with Crippen molar-refractivity contribution >= 4 is 27.8 Å². The van der Waals surface area contributed by atoms with E-state index < -0.39 is 0 Å². The molecule has 1 spiro atoms. The third-order valence-electron chi connectivity index (χ3n) is 13.7. The largest absolute Gasteiger partial charge is 0.310 e. The highest BCUT2D eigenvalue weighted by Crippen LogP contribution is 2.64. The minimum absolute atomic E-state index is 0.377. The van der Waals surface area contributed by atoms with Crippen LogP contribution in [0, 0.1) is 0 Å². The molecule has 0 saturated heterocycles. The Bertz CT molecular complexity index is 3360. The first kappa shape index (κ1) is 34.2. The van der Waals surface area contributed by atoms with Gasteiger partial charge in [-0.05, 0) is 143 Å². The van der Waals surface area contributed by atoms with Crippen molar-refractivity contribution in [2.24, 2.45) is 0 Å². The minimum atomic E-state index is -0.377. The molecule has 10 aromatic rings. The molecule has 1 nitrogen and oxygen atoms in total. The van der Waals surface area contributed by atoms with Gasteiger partial charge in [-0.3, -0.25) is 0 Å². The lowest BCUT2D eigenvalue weighted by molar-refractivity contribution is 0.794. The van der Waals surface area contributed by atoms with E-state index >= 15 is 0 Å². The molecule has 0 aromatic heterocycles. The van der Waals surface area contributed by atoms with Crippen molar-refractivity contribution < 1.29 is 0 Å². The molecule has 13 rings (SSSR count). The second-order valence-electron chi connectivity index (χ2n) is 16.7. The molecule has 284 valence electrons. The van der Waals surface area contributed by atoms with Crippen LogP contribution < -0.4 is 4.90 Å². The van der Waals surface area contributed by atoms with Crippen LogP contribution in [0.15, 0.2) is 224 Å². The molecule has 3 aliphatic carbocycles. The fourth-order valence-corrected chi connectivity index (χ4v) is 11.1. The summed E-state index contributed by atoms with van der Waals surface area (Å²) in [5.74, 6) is 0. The van der Waals surface area contributed by atoms with Crippen LogP contribution in [0.1, 0.15) is 33.4 Å². The molecule has 0 saturated carbocycles. The van der Waals surface area contributed by atoms with E-state index in [-0.39, 0.29) is 5.41 Å². The summed E-state index contributed by atoms with van der Waals surface area (Å²) < 4.78 is 0. The van der Waals surface area contributed by atoms with Crippen molar-refractivity contribution in [2.45, 2.75) is 11.8 Å². The van der Waals surface area contributed by atoms with E-state index in [1.165, 1.54) is 99.8 Å². The zero-order valence-electron chi connectivity index (χ0n) is 33.5. The van der Waals surface area contributed by atoms with Crippen LogP contribution in [-0.4, -0.2) is 0 Å². The van der Waals surface area contributed by atoms with Crippen LogP contribution in [0.3, 0.4) is 0 Å². The number of rotatable bonds is 5. The van der Waals surface area contributed by atoms with Crippen LogP contribution in [0.25, 0.3) is 66.4 Å². The topological polar surface area (TPSA) is 3.24 Å². The molecule has 0 unspecified atom stereocenters. The Morgan fingerprint density at radius 3 is 1.56 bits per heavy atom. The zero-order valence-corrected chi connectivity index (χ0v) is 33.5. The molecule has 0 atom stereocenters. The van der Waals surface area contributed by atoms with E-state index in [1.54, 1.807) is 0 Å². The Hall–Kier alpha value is -7.74. The highest BCUT2D eigenvalue weighted by Gasteiger charge is 2.52. The van der Waals surface area contributed by atoms with Gasteiger partial charge in [-0.15, -0.1) is 0 Å². The normalized spacial score (nSPS) is 13.3. The van der Waals surface area contributed by atoms with E-state index in [9.17, 15) is 0 Å². The first-order chi connectivity index (χ1) is 30.3. The summed E-state index contributed by atoms with van der Waals surface area (Å²) in [6.45, 7) is 0. The monoisotopic (exact) mass is 773 g/mol. The molecule has 61 heavy (non-hydrogen) atoms. The molecule has 0 aliphatic heterocycles. The summed E-state index contributed by atoms with van der Waals surface area (Å²) in [5.41, 5.74) is 24.2. The Labute approximate surface area is 356 Å². The van der Waals surface area contributed by atoms with Gasteiger partial charge in [0.2, 0.25) is 0 Å². The van der Waals surface area contributed by atoms with Gasteiger partial charge in [0.1, 0.15) is 0 Å². The van der Waals surface area contributed by atoms with Gasteiger partial charge in [0.05, 0.1) is 5.41 Å². The lowest BCUT2D eigenvalue weighted by Gasteiger charge is -2.30. The van der Waals surface area contributed by atoms with Crippen LogP contribution in [-0.2, 0) is 11.8 Å². The summed E-state index contributed by atoms with van der Waals surface area (Å²) in [4.78, 5) is 2.42. The van der Waals surface area contributed by atoms with Crippen LogP contribution in [0.4, 0.5) is 17.1 Å². The first-order valence-electron chi connectivity index (χ1n) is 21.4. The van der Waals surface area contributed by atoms with E-state index in [4.69, 9.17) is 0 Å². The molecule has 0 radical (unpaired) electrons. The second-order valence-corrected chi connectivity index (χ2v) is 16.7. The Kier molecular flexibility index (Phi) is 7.35. The number of benzene rings is 10. The van der Waals surface area contributed by atoms with Crippen LogP contribution >= 0.6 is 0 Å². The van der Waals surface area contributed by atoms with Gasteiger partial charge in [-0.25, -0.2) is 0 Å². The highest BCUT2D eigenvalue weighted by molar-refractivity contribution is 6.02. The number of fused-ring (bicyclic) bond motifs is 14. The number of nitrogens with zero attached hydrogens (tertiary/aromatic N) is 1. The van der Waals surface area contributed by atoms with Crippen LogP contribution in [0.5, 0.6) is 0 Å². The second kappa shape index (κ2) is 13.1. The number of hydrogen-bond acceptors (Lipinski definition) is 1. The fraction of sp³-hybridized carbons (Fsp3) is 0.0333. The lowest BCUT2D eigenvalue weighted by Crippen LogP contribution is -2.25. The van der Waals surface area contributed by atoms with Crippen LogP contribution in [0.2, 0.25) is 0 Å².